The van der Waals surface area contributed by atoms with Gasteiger partial charge in [-0.05, 0) is 31.2 Å². The van der Waals surface area contributed by atoms with Crippen LogP contribution in [0.15, 0.2) is 24.3 Å². The van der Waals surface area contributed by atoms with Crippen LogP contribution in [0, 0.1) is 0 Å². The predicted octanol–water partition coefficient (Wildman–Crippen LogP) is 3.01. The Morgan fingerprint density at radius 1 is 1.50 bits per heavy atom. The van der Waals surface area contributed by atoms with Gasteiger partial charge in [-0.3, -0.25) is 0 Å². The van der Waals surface area contributed by atoms with E-state index in [2.05, 4.69) is 18.3 Å². The van der Waals surface area contributed by atoms with Crippen molar-refractivity contribution in [1.29, 1.82) is 0 Å². The van der Waals surface area contributed by atoms with Gasteiger partial charge in [0.2, 0.25) is 0 Å². The highest BCUT2D eigenvalue weighted by Crippen LogP contribution is 2.19. The van der Waals surface area contributed by atoms with Crippen LogP contribution in [0.1, 0.15) is 24.9 Å². The topological polar surface area (TPSA) is 12.0 Å². The number of rotatable bonds is 3. The zero-order valence-electron chi connectivity index (χ0n) is 7.47. The molecule has 1 unspecified atom stereocenters. The van der Waals surface area contributed by atoms with Gasteiger partial charge in [0.05, 0.1) is 0 Å². The summed E-state index contributed by atoms with van der Waals surface area (Å²) in [6.07, 6.45) is 1.08. The second-order valence-corrected chi connectivity index (χ2v) is 3.24. The van der Waals surface area contributed by atoms with E-state index in [9.17, 15) is 0 Å². The Kier molecular flexibility index (Phi) is 3.57. The normalized spacial score (nSPS) is 12.9. The molecule has 1 aromatic carbocycles. The highest BCUT2D eigenvalue weighted by Gasteiger charge is 2.05. The fourth-order valence-corrected chi connectivity index (χ4v) is 1.53. The van der Waals surface area contributed by atoms with Crippen molar-refractivity contribution >= 4 is 11.6 Å². The van der Waals surface area contributed by atoms with Crippen LogP contribution in [0.25, 0.3) is 0 Å². The molecule has 0 aliphatic rings. The van der Waals surface area contributed by atoms with E-state index in [1.54, 1.807) is 0 Å². The van der Waals surface area contributed by atoms with E-state index in [0.717, 1.165) is 11.4 Å². The molecule has 0 aromatic heterocycles. The molecular weight excluding hydrogens is 170 g/mol. The smallest absolute Gasteiger partial charge is 0.0409 e. The fraction of sp³-hybridized carbons (Fsp3) is 0.400. The SMILES string of the molecule is CCC(NC)c1cccc(Cl)c1. The van der Waals surface area contributed by atoms with Crippen molar-refractivity contribution in [1.82, 2.24) is 5.32 Å². The highest BCUT2D eigenvalue weighted by atomic mass is 35.5. The Hall–Kier alpha value is -0.530. The first-order valence-corrected chi connectivity index (χ1v) is 4.58. The molecule has 0 bridgehead atoms. The Labute approximate surface area is 78.7 Å². The van der Waals surface area contributed by atoms with Gasteiger partial charge >= 0.3 is 0 Å². The molecule has 1 atom stereocenters. The molecule has 1 N–H and O–H groups in total. The van der Waals surface area contributed by atoms with E-state index in [1.807, 2.05) is 25.2 Å². The maximum atomic E-state index is 5.88. The maximum Gasteiger partial charge on any atom is 0.0409 e. The Balaban J connectivity index is 2.85. The average Bonchev–Trinajstić information content (AvgIpc) is 2.07. The van der Waals surface area contributed by atoms with Crippen LogP contribution in [0.3, 0.4) is 0 Å². The van der Waals surface area contributed by atoms with Crippen molar-refractivity contribution in [2.75, 3.05) is 7.05 Å². The fourth-order valence-electron chi connectivity index (χ4n) is 1.33. The minimum atomic E-state index is 0.420. The quantitative estimate of drug-likeness (QED) is 0.760. The van der Waals surface area contributed by atoms with Gasteiger partial charge in [0.15, 0.2) is 0 Å². The predicted molar refractivity (Wildman–Crippen MR) is 53.5 cm³/mol. The third kappa shape index (κ3) is 2.23. The lowest BCUT2D eigenvalue weighted by atomic mass is 10.1. The first-order valence-electron chi connectivity index (χ1n) is 4.20. The molecule has 0 fully saturated rings. The molecule has 0 amide bonds. The van der Waals surface area contributed by atoms with Gasteiger partial charge < -0.3 is 5.32 Å². The molecule has 1 nitrogen and oxygen atoms in total. The van der Waals surface area contributed by atoms with Gasteiger partial charge in [-0.15, -0.1) is 0 Å². The van der Waals surface area contributed by atoms with Crippen molar-refractivity contribution in [3.05, 3.63) is 34.9 Å². The van der Waals surface area contributed by atoms with E-state index in [-0.39, 0.29) is 0 Å². The number of benzene rings is 1. The van der Waals surface area contributed by atoms with Gasteiger partial charge in [0.25, 0.3) is 0 Å². The second-order valence-electron chi connectivity index (χ2n) is 2.80. The van der Waals surface area contributed by atoms with E-state index in [1.165, 1.54) is 5.56 Å². The van der Waals surface area contributed by atoms with Crippen LogP contribution in [0.5, 0.6) is 0 Å². The molecule has 0 aliphatic heterocycles. The van der Waals surface area contributed by atoms with Crippen LogP contribution >= 0.6 is 11.6 Å². The van der Waals surface area contributed by atoms with Gasteiger partial charge in [-0.2, -0.15) is 0 Å². The first-order chi connectivity index (χ1) is 5.77. The van der Waals surface area contributed by atoms with Gasteiger partial charge in [0.1, 0.15) is 0 Å². The zero-order valence-corrected chi connectivity index (χ0v) is 8.23. The van der Waals surface area contributed by atoms with E-state index in [4.69, 9.17) is 11.6 Å². The number of hydrogen-bond donors (Lipinski definition) is 1. The molecule has 66 valence electrons. The molecule has 0 saturated carbocycles. The minimum absolute atomic E-state index is 0.420. The van der Waals surface area contributed by atoms with Crippen molar-refractivity contribution in [3.8, 4) is 0 Å². The first kappa shape index (κ1) is 9.56. The van der Waals surface area contributed by atoms with Gasteiger partial charge in [-0.1, -0.05) is 30.7 Å². The van der Waals surface area contributed by atoms with Crippen LogP contribution < -0.4 is 5.32 Å². The number of hydrogen-bond acceptors (Lipinski definition) is 1. The van der Waals surface area contributed by atoms with Gasteiger partial charge in [0, 0.05) is 11.1 Å². The van der Waals surface area contributed by atoms with E-state index >= 15 is 0 Å². The average molecular weight is 184 g/mol. The van der Waals surface area contributed by atoms with Crippen molar-refractivity contribution in [2.45, 2.75) is 19.4 Å². The lowest BCUT2D eigenvalue weighted by molar-refractivity contribution is 0.577. The van der Waals surface area contributed by atoms with Gasteiger partial charge in [-0.25, -0.2) is 0 Å². The molecule has 12 heavy (non-hydrogen) atoms. The lowest BCUT2D eigenvalue weighted by Gasteiger charge is -2.13. The monoisotopic (exact) mass is 183 g/mol. The summed E-state index contributed by atoms with van der Waals surface area (Å²) in [6, 6.07) is 8.40. The summed E-state index contributed by atoms with van der Waals surface area (Å²) < 4.78 is 0. The molecule has 1 rings (SSSR count). The Bertz CT molecular complexity index is 243. The molecule has 1 aromatic rings. The summed E-state index contributed by atoms with van der Waals surface area (Å²) >= 11 is 5.88. The van der Waals surface area contributed by atoms with Crippen molar-refractivity contribution < 1.29 is 0 Å². The Morgan fingerprint density at radius 2 is 2.25 bits per heavy atom. The molecule has 0 saturated heterocycles. The minimum Gasteiger partial charge on any atom is -0.313 e. The zero-order chi connectivity index (χ0) is 8.97. The van der Waals surface area contributed by atoms with E-state index < -0.39 is 0 Å². The van der Waals surface area contributed by atoms with Crippen molar-refractivity contribution in [2.24, 2.45) is 0 Å². The molecule has 0 radical (unpaired) electrons. The molecule has 0 heterocycles. The molecule has 0 spiro atoms. The van der Waals surface area contributed by atoms with Crippen LogP contribution in [0.4, 0.5) is 0 Å². The summed E-state index contributed by atoms with van der Waals surface area (Å²) in [5.74, 6) is 0. The Morgan fingerprint density at radius 3 is 2.75 bits per heavy atom. The van der Waals surface area contributed by atoms with E-state index in [0.29, 0.717) is 6.04 Å². The summed E-state index contributed by atoms with van der Waals surface area (Å²) in [4.78, 5) is 0. The molecule has 2 heteroatoms. The number of halogens is 1. The number of nitrogens with one attached hydrogen (secondary N) is 1. The summed E-state index contributed by atoms with van der Waals surface area (Å²) in [5.41, 5.74) is 1.26. The largest absolute Gasteiger partial charge is 0.313 e. The summed E-state index contributed by atoms with van der Waals surface area (Å²) in [7, 11) is 1.97. The summed E-state index contributed by atoms with van der Waals surface area (Å²) in [6.45, 7) is 2.15. The third-order valence-electron chi connectivity index (χ3n) is 2.01. The molecule has 0 aliphatic carbocycles. The second kappa shape index (κ2) is 4.48. The van der Waals surface area contributed by atoms with Crippen LogP contribution in [0.2, 0.25) is 5.02 Å². The standard InChI is InChI=1S/C10H14ClN/c1-3-10(12-2)8-5-4-6-9(11)7-8/h4-7,10,12H,3H2,1-2H3. The van der Waals surface area contributed by atoms with Crippen LogP contribution in [-0.4, -0.2) is 7.05 Å². The van der Waals surface area contributed by atoms with Crippen LogP contribution in [-0.2, 0) is 0 Å². The van der Waals surface area contributed by atoms with Crippen molar-refractivity contribution in [3.63, 3.8) is 0 Å². The highest BCUT2D eigenvalue weighted by molar-refractivity contribution is 6.30. The lowest BCUT2D eigenvalue weighted by Crippen LogP contribution is -2.14. The third-order valence-corrected chi connectivity index (χ3v) is 2.24. The summed E-state index contributed by atoms with van der Waals surface area (Å²) in [5, 5.41) is 4.04. The maximum absolute atomic E-state index is 5.88. The molecular formula is C10H14ClN.